The molecule has 1 unspecified atom stereocenters. The summed E-state index contributed by atoms with van der Waals surface area (Å²) in [5.41, 5.74) is 1.25. The molecule has 1 aromatic heterocycles. The van der Waals surface area contributed by atoms with Gasteiger partial charge in [0.2, 0.25) is 0 Å². The minimum Gasteiger partial charge on any atom is -0.478 e. The molecule has 0 radical (unpaired) electrons. The fourth-order valence-electron chi connectivity index (χ4n) is 1.89. The summed E-state index contributed by atoms with van der Waals surface area (Å²) in [5, 5.41) is 16.5. The molecule has 1 heterocycles. The predicted molar refractivity (Wildman–Crippen MR) is 94.3 cm³/mol. The molecular weight excluding hydrogens is 337 g/mol. The number of aromatic nitrogens is 1. The number of rotatable bonds is 6. The van der Waals surface area contributed by atoms with E-state index >= 15 is 0 Å². The van der Waals surface area contributed by atoms with Gasteiger partial charge >= 0.3 is 5.97 Å². The summed E-state index contributed by atoms with van der Waals surface area (Å²) in [6.07, 6.45) is 2.42. The lowest BCUT2D eigenvalue weighted by molar-refractivity contribution is 0.0697. The van der Waals surface area contributed by atoms with Gasteiger partial charge in [0.1, 0.15) is 11.4 Å². The molecule has 5 nitrogen and oxygen atoms in total. The Morgan fingerprint density at radius 1 is 1.35 bits per heavy atom. The number of carboxylic acids is 1. The molecule has 2 rings (SSSR count). The van der Waals surface area contributed by atoms with Gasteiger partial charge in [0.05, 0.1) is 22.6 Å². The average molecular weight is 354 g/mol. The molecule has 0 aliphatic carbocycles. The Hall–Kier alpha value is -1.98. The highest BCUT2D eigenvalue weighted by atomic mass is 35.5. The molecule has 0 aliphatic heterocycles. The molecule has 0 fully saturated rings. The zero-order valence-corrected chi connectivity index (χ0v) is 14.2. The number of carboxylic acid groups (broad SMARTS) is 1. The van der Waals surface area contributed by atoms with Crippen LogP contribution in [-0.4, -0.2) is 22.1 Å². The Labute approximate surface area is 144 Å². The Balaban J connectivity index is 2.30. The van der Waals surface area contributed by atoms with Gasteiger partial charge in [0.25, 0.3) is 0 Å². The second-order valence-electron chi connectivity index (χ2n) is 5.13. The Morgan fingerprint density at radius 3 is 2.70 bits per heavy atom. The zero-order chi connectivity index (χ0) is 17.0. The number of anilines is 3. The van der Waals surface area contributed by atoms with E-state index < -0.39 is 5.97 Å². The summed E-state index contributed by atoms with van der Waals surface area (Å²) < 4.78 is 0. The maximum absolute atomic E-state index is 11.5. The third-order valence-corrected chi connectivity index (χ3v) is 3.87. The van der Waals surface area contributed by atoms with E-state index in [1.165, 1.54) is 6.07 Å². The molecule has 0 amide bonds. The van der Waals surface area contributed by atoms with Gasteiger partial charge in [-0.2, -0.15) is 0 Å². The van der Waals surface area contributed by atoms with Crippen molar-refractivity contribution >= 4 is 46.4 Å². The van der Waals surface area contributed by atoms with E-state index in [0.717, 1.165) is 6.42 Å². The number of pyridine rings is 1. The minimum atomic E-state index is -1.05. The van der Waals surface area contributed by atoms with Gasteiger partial charge in [-0.1, -0.05) is 30.1 Å². The molecule has 1 atom stereocenters. The highest BCUT2D eigenvalue weighted by Crippen LogP contribution is 2.29. The molecule has 122 valence electrons. The van der Waals surface area contributed by atoms with Crippen LogP contribution in [0.5, 0.6) is 0 Å². The van der Waals surface area contributed by atoms with Crippen LogP contribution >= 0.6 is 23.2 Å². The van der Waals surface area contributed by atoms with Gasteiger partial charge in [-0.3, -0.25) is 0 Å². The number of halogens is 2. The van der Waals surface area contributed by atoms with Crippen LogP contribution in [0, 0.1) is 0 Å². The molecular formula is C16H17Cl2N3O2. The van der Waals surface area contributed by atoms with Gasteiger partial charge in [0.15, 0.2) is 0 Å². The van der Waals surface area contributed by atoms with Crippen molar-refractivity contribution in [3.63, 3.8) is 0 Å². The smallest absolute Gasteiger partial charge is 0.339 e. The van der Waals surface area contributed by atoms with Gasteiger partial charge in [0, 0.05) is 11.1 Å². The molecule has 0 bridgehead atoms. The predicted octanol–water partition coefficient (Wildman–Crippen LogP) is 5.04. The number of carbonyl (C=O) groups is 1. The number of hydrogen-bond donors (Lipinski definition) is 3. The van der Waals surface area contributed by atoms with Crippen LogP contribution in [-0.2, 0) is 0 Å². The van der Waals surface area contributed by atoms with Crippen molar-refractivity contribution in [2.24, 2.45) is 0 Å². The van der Waals surface area contributed by atoms with Crippen molar-refractivity contribution in [1.29, 1.82) is 0 Å². The number of nitrogens with zero attached hydrogens (tertiary/aromatic N) is 1. The maximum Gasteiger partial charge on any atom is 0.339 e. The van der Waals surface area contributed by atoms with Crippen molar-refractivity contribution in [3.8, 4) is 0 Å². The number of nitrogens with one attached hydrogen (secondary N) is 2. The number of benzene rings is 1. The van der Waals surface area contributed by atoms with Crippen LogP contribution < -0.4 is 10.6 Å². The van der Waals surface area contributed by atoms with E-state index in [9.17, 15) is 9.90 Å². The van der Waals surface area contributed by atoms with E-state index in [1.807, 2.05) is 13.8 Å². The maximum atomic E-state index is 11.5. The highest BCUT2D eigenvalue weighted by molar-refractivity contribution is 6.36. The molecule has 0 aliphatic rings. The first kappa shape index (κ1) is 17.4. The topological polar surface area (TPSA) is 74.2 Å². The van der Waals surface area contributed by atoms with Crippen molar-refractivity contribution < 1.29 is 9.90 Å². The first-order chi connectivity index (χ1) is 10.9. The SMILES string of the molecule is CCC(C)Nc1ncc(Nc2ccc(Cl)cc2Cl)cc1C(=O)O. The minimum absolute atomic E-state index is 0.0976. The second kappa shape index (κ2) is 7.53. The van der Waals surface area contributed by atoms with Crippen molar-refractivity contribution in [2.75, 3.05) is 10.6 Å². The van der Waals surface area contributed by atoms with Crippen LogP contribution in [0.1, 0.15) is 30.6 Å². The first-order valence-electron chi connectivity index (χ1n) is 7.12. The summed E-state index contributed by atoms with van der Waals surface area (Å²) in [5.74, 6) is -0.700. The summed E-state index contributed by atoms with van der Waals surface area (Å²) in [6, 6.07) is 6.67. The summed E-state index contributed by atoms with van der Waals surface area (Å²) in [4.78, 5) is 15.7. The summed E-state index contributed by atoms with van der Waals surface area (Å²) >= 11 is 12.0. The Kier molecular flexibility index (Phi) is 5.69. The van der Waals surface area contributed by atoms with E-state index in [0.29, 0.717) is 27.2 Å². The van der Waals surface area contributed by atoms with Crippen molar-refractivity contribution in [1.82, 2.24) is 4.98 Å². The standard InChI is InChI=1S/C16H17Cl2N3O2/c1-3-9(2)20-15-12(16(22)23)7-11(8-19-15)21-14-5-4-10(17)6-13(14)18/h4-9,21H,3H2,1-2H3,(H,19,20)(H,22,23). The van der Waals surface area contributed by atoms with Gasteiger partial charge in [-0.25, -0.2) is 9.78 Å². The zero-order valence-electron chi connectivity index (χ0n) is 12.7. The molecule has 23 heavy (non-hydrogen) atoms. The quantitative estimate of drug-likeness (QED) is 0.678. The van der Waals surface area contributed by atoms with Crippen molar-refractivity contribution in [2.45, 2.75) is 26.3 Å². The highest BCUT2D eigenvalue weighted by Gasteiger charge is 2.14. The normalized spacial score (nSPS) is 11.8. The van der Waals surface area contributed by atoms with E-state index in [4.69, 9.17) is 23.2 Å². The van der Waals surface area contributed by atoms with Crippen LogP contribution in [0.3, 0.4) is 0 Å². The monoisotopic (exact) mass is 353 g/mol. The Bertz CT molecular complexity index is 722. The lowest BCUT2D eigenvalue weighted by Crippen LogP contribution is -2.17. The van der Waals surface area contributed by atoms with Crippen molar-refractivity contribution in [3.05, 3.63) is 46.1 Å². The molecule has 2 aromatic rings. The lowest BCUT2D eigenvalue weighted by Gasteiger charge is -2.15. The summed E-state index contributed by atoms with van der Waals surface area (Å²) in [7, 11) is 0. The lowest BCUT2D eigenvalue weighted by atomic mass is 10.2. The molecule has 1 aromatic carbocycles. The van der Waals surface area contributed by atoms with E-state index in [-0.39, 0.29) is 11.6 Å². The van der Waals surface area contributed by atoms with Crippen LogP contribution in [0.2, 0.25) is 10.0 Å². The first-order valence-corrected chi connectivity index (χ1v) is 7.88. The van der Waals surface area contributed by atoms with Crippen LogP contribution in [0.25, 0.3) is 0 Å². The van der Waals surface area contributed by atoms with Gasteiger partial charge < -0.3 is 15.7 Å². The van der Waals surface area contributed by atoms with E-state index in [2.05, 4.69) is 15.6 Å². The number of aromatic carboxylic acids is 1. The largest absolute Gasteiger partial charge is 0.478 e. The molecule has 0 saturated carbocycles. The average Bonchev–Trinajstić information content (AvgIpc) is 2.51. The Morgan fingerprint density at radius 2 is 2.09 bits per heavy atom. The van der Waals surface area contributed by atoms with Crippen LogP contribution in [0.15, 0.2) is 30.5 Å². The fourth-order valence-corrected chi connectivity index (χ4v) is 2.35. The summed E-state index contributed by atoms with van der Waals surface area (Å²) in [6.45, 7) is 3.98. The molecule has 7 heteroatoms. The van der Waals surface area contributed by atoms with Gasteiger partial charge in [-0.15, -0.1) is 0 Å². The second-order valence-corrected chi connectivity index (χ2v) is 5.97. The third-order valence-electron chi connectivity index (χ3n) is 3.32. The fraction of sp³-hybridized carbons (Fsp3) is 0.250. The van der Waals surface area contributed by atoms with Crippen LogP contribution in [0.4, 0.5) is 17.2 Å². The third kappa shape index (κ3) is 4.50. The molecule has 3 N–H and O–H groups in total. The van der Waals surface area contributed by atoms with E-state index in [1.54, 1.807) is 24.4 Å². The van der Waals surface area contributed by atoms with Gasteiger partial charge in [-0.05, 0) is 37.6 Å². The molecule has 0 spiro atoms. The number of hydrogen-bond acceptors (Lipinski definition) is 4. The molecule has 0 saturated heterocycles.